The molecule has 0 aliphatic carbocycles. The predicted octanol–water partition coefficient (Wildman–Crippen LogP) is 1.86. The van der Waals surface area contributed by atoms with Crippen molar-refractivity contribution in [2.24, 2.45) is 5.92 Å². The maximum atomic E-state index is 12.2. The zero-order valence-electron chi connectivity index (χ0n) is 11.9. The molecule has 2 unspecified atom stereocenters. The molecule has 1 aromatic heterocycles. The Morgan fingerprint density at radius 3 is 2.52 bits per heavy atom. The molecule has 1 aromatic carbocycles. The number of carbonyl (C=O) groups is 2. The number of rotatable bonds is 5. The number of carbonyl (C=O) groups excluding carboxylic acids is 1. The van der Waals surface area contributed by atoms with Crippen LogP contribution in [0.4, 0.5) is 0 Å². The number of fused-ring (bicyclic) bond motifs is 1. The molecule has 6 nitrogen and oxygen atoms in total. The minimum Gasteiger partial charge on any atom is -0.480 e. The quantitative estimate of drug-likeness (QED) is 0.875. The lowest BCUT2D eigenvalue weighted by Crippen LogP contribution is -2.45. The van der Waals surface area contributed by atoms with Crippen LogP contribution >= 0.6 is 0 Å². The van der Waals surface area contributed by atoms with Gasteiger partial charge in [-0.15, -0.1) is 0 Å². The molecule has 1 amide bonds. The summed E-state index contributed by atoms with van der Waals surface area (Å²) in [6.45, 7) is 3.68. The predicted molar refractivity (Wildman–Crippen MR) is 77.9 cm³/mol. The van der Waals surface area contributed by atoms with Crippen molar-refractivity contribution in [3.63, 3.8) is 0 Å². The van der Waals surface area contributed by atoms with Crippen LogP contribution in [0.25, 0.3) is 11.0 Å². The molecule has 110 valence electrons. The second-order valence-electron chi connectivity index (χ2n) is 4.93. The summed E-state index contributed by atoms with van der Waals surface area (Å²) in [5.74, 6) is -1.60. The molecule has 2 aromatic rings. The van der Waals surface area contributed by atoms with Gasteiger partial charge in [-0.25, -0.2) is 4.79 Å². The number of hydrogen-bond donors (Lipinski definition) is 2. The van der Waals surface area contributed by atoms with E-state index < -0.39 is 17.9 Å². The van der Waals surface area contributed by atoms with E-state index in [1.54, 1.807) is 37.5 Å². The van der Waals surface area contributed by atoms with Crippen LogP contribution in [0.5, 0.6) is 0 Å². The third-order valence-electron chi connectivity index (χ3n) is 3.50. The summed E-state index contributed by atoms with van der Waals surface area (Å²) >= 11 is 0. The molecule has 0 radical (unpaired) electrons. The number of aromatic nitrogens is 2. The SMILES string of the molecule is CCC(C)C(NC(=O)c1ccc2nccnc2c1)C(=O)O. The summed E-state index contributed by atoms with van der Waals surface area (Å²) in [5.41, 5.74) is 1.66. The average molecular weight is 287 g/mol. The first-order valence-electron chi connectivity index (χ1n) is 6.77. The van der Waals surface area contributed by atoms with Gasteiger partial charge in [-0.2, -0.15) is 0 Å². The molecule has 0 bridgehead atoms. The minimum atomic E-state index is -1.03. The highest BCUT2D eigenvalue weighted by Crippen LogP contribution is 2.13. The molecule has 21 heavy (non-hydrogen) atoms. The van der Waals surface area contributed by atoms with E-state index in [1.807, 2.05) is 6.92 Å². The molecule has 6 heteroatoms. The molecule has 0 aliphatic rings. The van der Waals surface area contributed by atoms with Gasteiger partial charge in [-0.3, -0.25) is 14.8 Å². The van der Waals surface area contributed by atoms with Crippen molar-refractivity contribution < 1.29 is 14.7 Å². The van der Waals surface area contributed by atoms with Crippen LogP contribution in [0.1, 0.15) is 30.6 Å². The van der Waals surface area contributed by atoms with Gasteiger partial charge < -0.3 is 10.4 Å². The summed E-state index contributed by atoms with van der Waals surface area (Å²) in [7, 11) is 0. The van der Waals surface area contributed by atoms with Gasteiger partial charge >= 0.3 is 5.97 Å². The zero-order chi connectivity index (χ0) is 15.4. The number of amides is 1. The van der Waals surface area contributed by atoms with E-state index in [4.69, 9.17) is 0 Å². The molecule has 0 saturated heterocycles. The normalized spacial score (nSPS) is 13.6. The van der Waals surface area contributed by atoms with Gasteiger partial charge in [0.2, 0.25) is 0 Å². The van der Waals surface area contributed by atoms with Crippen LogP contribution in [0, 0.1) is 5.92 Å². The molecule has 2 N–H and O–H groups in total. The lowest BCUT2D eigenvalue weighted by atomic mass is 9.99. The minimum absolute atomic E-state index is 0.147. The maximum Gasteiger partial charge on any atom is 0.326 e. The van der Waals surface area contributed by atoms with E-state index in [-0.39, 0.29) is 5.92 Å². The van der Waals surface area contributed by atoms with Crippen LogP contribution in [0.2, 0.25) is 0 Å². The van der Waals surface area contributed by atoms with Crippen molar-refractivity contribution in [2.75, 3.05) is 0 Å². The molecule has 1 heterocycles. The van der Waals surface area contributed by atoms with E-state index in [2.05, 4.69) is 15.3 Å². The Morgan fingerprint density at radius 1 is 1.24 bits per heavy atom. The fourth-order valence-corrected chi connectivity index (χ4v) is 2.01. The van der Waals surface area contributed by atoms with Crippen molar-refractivity contribution in [1.82, 2.24) is 15.3 Å². The monoisotopic (exact) mass is 287 g/mol. The van der Waals surface area contributed by atoms with Crippen molar-refractivity contribution in [3.05, 3.63) is 36.2 Å². The molecule has 2 rings (SSSR count). The Hall–Kier alpha value is -2.50. The summed E-state index contributed by atoms with van der Waals surface area (Å²) in [6.07, 6.45) is 3.79. The number of carboxylic acids is 1. The van der Waals surface area contributed by atoms with E-state index in [9.17, 15) is 14.7 Å². The van der Waals surface area contributed by atoms with Crippen LogP contribution in [-0.2, 0) is 4.79 Å². The van der Waals surface area contributed by atoms with Gasteiger partial charge in [0.25, 0.3) is 5.91 Å². The maximum absolute atomic E-state index is 12.2. The van der Waals surface area contributed by atoms with Gasteiger partial charge in [0.15, 0.2) is 0 Å². The first kappa shape index (κ1) is 14.9. The highest BCUT2D eigenvalue weighted by Gasteiger charge is 2.25. The summed E-state index contributed by atoms with van der Waals surface area (Å²) in [5, 5.41) is 11.8. The Balaban J connectivity index is 2.23. The van der Waals surface area contributed by atoms with Gasteiger partial charge in [0.1, 0.15) is 6.04 Å². The number of nitrogens with zero attached hydrogens (tertiary/aromatic N) is 2. The molecule has 0 fully saturated rings. The summed E-state index contributed by atoms with van der Waals surface area (Å²) < 4.78 is 0. The molecular formula is C15H17N3O3. The molecule has 0 spiro atoms. The number of carboxylic acid groups (broad SMARTS) is 1. The van der Waals surface area contributed by atoms with Gasteiger partial charge in [-0.1, -0.05) is 20.3 Å². The first-order valence-corrected chi connectivity index (χ1v) is 6.77. The van der Waals surface area contributed by atoms with Crippen molar-refractivity contribution in [1.29, 1.82) is 0 Å². The van der Waals surface area contributed by atoms with E-state index in [0.717, 1.165) is 0 Å². The Labute approximate surface area is 122 Å². The highest BCUT2D eigenvalue weighted by atomic mass is 16.4. The molecule has 0 aliphatic heterocycles. The largest absolute Gasteiger partial charge is 0.480 e. The van der Waals surface area contributed by atoms with E-state index in [1.165, 1.54) is 0 Å². The van der Waals surface area contributed by atoms with Crippen LogP contribution in [0.15, 0.2) is 30.6 Å². The number of benzene rings is 1. The third kappa shape index (κ3) is 3.34. The lowest BCUT2D eigenvalue weighted by Gasteiger charge is -2.20. The van der Waals surface area contributed by atoms with Crippen LogP contribution in [0.3, 0.4) is 0 Å². The summed E-state index contributed by atoms with van der Waals surface area (Å²) in [6, 6.07) is 4.01. The topological polar surface area (TPSA) is 92.2 Å². The second-order valence-corrected chi connectivity index (χ2v) is 4.93. The van der Waals surface area contributed by atoms with E-state index >= 15 is 0 Å². The van der Waals surface area contributed by atoms with Crippen molar-refractivity contribution >= 4 is 22.9 Å². The Kier molecular flexibility index (Phi) is 4.47. The standard InChI is InChI=1S/C15H17N3O3/c1-3-9(2)13(15(20)21)18-14(19)10-4-5-11-12(8-10)17-7-6-16-11/h4-9,13H,3H2,1-2H3,(H,18,19)(H,20,21). The van der Waals surface area contributed by atoms with Gasteiger partial charge in [0, 0.05) is 18.0 Å². The second kappa shape index (κ2) is 6.30. The smallest absolute Gasteiger partial charge is 0.326 e. The Bertz CT molecular complexity index is 672. The van der Waals surface area contributed by atoms with E-state index in [0.29, 0.717) is 23.0 Å². The average Bonchev–Trinajstić information content (AvgIpc) is 2.50. The first-order chi connectivity index (χ1) is 10.0. The molecule has 2 atom stereocenters. The zero-order valence-corrected chi connectivity index (χ0v) is 11.9. The fourth-order valence-electron chi connectivity index (χ4n) is 2.01. The lowest BCUT2D eigenvalue weighted by molar-refractivity contribution is -0.140. The molecular weight excluding hydrogens is 270 g/mol. The van der Waals surface area contributed by atoms with Gasteiger partial charge in [0.05, 0.1) is 11.0 Å². The third-order valence-corrected chi connectivity index (χ3v) is 3.50. The van der Waals surface area contributed by atoms with Crippen LogP contribution in [-0.4, -0.2) is 33.0 Å². The number of nitrogens with one attached hydrogen (secondary N) is 1. The number of hydrogen-bond acceptors (Lipinski definition) is 4. The van der Waals surface area contributed by atoms with Crippen molar-refractivity contribution in [2.45, 2.75) is 26.3 Å². The van der Waals surface area contributed by atoms with Gasteiger partial charge in [-0.05, 0) is 24.1 Å². The molecule has 0 saturated carbocycles. The van der Waals surface area contributed by atoms with Crippen molar-refractivity contribution in [3.8, 4) is 0 Å². The number of aliphatic carboxylic acids is 1. The Morgan fingerprint density at radius 2 is 1.90 bits per heavy atom. The summed E-state index contributed by atoms with van der Waals surface area (Å²) in [4.78, 5) is 31.7. The van der Waals surface area contributed by atoms with Crippen LogP contribution < -0.4 is 5.32 Å². The fraction of sp³-hybridized carbons (Fsp3) is 0.333. The highest BCUT2D eigenvalue weighted by molar-refractivity contribution is 5.99.